The van der Waals surface area contributed by atoms with Gasteiger partial charge in [-0.1, -0.05) is 0 Å². The maximum atomic E-state index is 4.54. The number of hydrogen-bond acceptors (Lipinski definition) is 6. The smallest absolute Gasteiger partial charge is 0.154 e. The van der Waals surface area contributed by atoms with Crippen molar-refractivity contribution in [2.45, 2.75) is 6.92 Å². The highest BCUT2D eigenvalue weighted by molar-refractivity contribution is 5.68. The zero-order chi connectivity index (χ0) is 14.9. The van der Waals surface area contributed by atoms with E-state index in [-0.39, 0.29) is 0 Å². The van der Waals surface area contributed by atoms with Crippen molar-refractivity contribution in [1.82, 2.24) is 24.6 Å². The lowest BCUT2D eigenvalue weighted by molar-refractivity contribution is 0.640. The second-order valence-corrected chi connectivity index (χ2v) is 5.40. The Morgan fingerprint density at radius 3 is 2.59 bits per heavy atom. The fourth-order valence-electron chi connectivity index (χ4n) is 2.85. The molecule has 0 N–H and O–H groups in total. The zero-order valence-electron chi connectivity index (χ0n) is 12.4. The second kappa shape index (κ2) is 5.25. The van der Waals surface area contributed by atoms with E-state index in [0.717, 1.165) is 49.0 Å². The number of rotatable bonds is 2. The van der Waals surface area contributed by atoms with E-state index in [9.17, 15) is 0 Å². The molecule has 0 atom stereocenters. The molecular weight excluding hydrogens is 278 g/mol. The molecule has 1 saturated heterocycles. The summed E-state index contributed by atoms with van der Waals surface area (Å²) in [6.07, 6.45) is 7.11. The van der Waals surface area contributed by atoms with E-state index in [1.807, 2.05) is 29.8 Å². The molecule has 0 unspecified atom stereocenters. The lowest BCUT2D eigenvalue weighted by atomic mass is 10.3. The van der Waals surface area contributed by atoms with Gasteiger partial charge in [0.2, 0.25) is 0 Å². The topological polar surface area (TPSA) is 62.5 Å². The van der Waals surface area contributed by atoms with Gasteiger partial charge in [0, 0.05) is 50.3 Å². The van der Waals surface area contributed by atoms with Gasteiger partial charge in [0.05, 0.1) is 6.20 Å². The maximum absolute atomic E-state index is 4.54. The second-order valence-electron chi connectivity index (χ2n) is 5.40. The van der Waals surface area contributed by atoms with Crippen LogP contribution in [0.2, 0.25) is 0 Å². The highest BCUT2D eigenvalue weighted by Crippen LogP contribution is 2.21. The van der Waals surface area contributed by atoms with Crippen LogP contribution < -0.4 is 9.80 Å². The average Bonchev–Trinajstić information content (AvgIpc) is 3.04. The summed E-state index contributed by atoms with van der Waals surface area (Å²) in [5, 5.41) is 4.27. The predicted molar refractivity (Wildman–Crippen MR) is 84.2 cm³/mol. The highest BCUT2D eigenvalue weighted by atomic mass is 15.3. The van der Waals surface area contributed by atoms with E-state index in [1.54, 1.807) is 18.7 Å². The summed E-state index contributed by atoms with van der Waals surface area (Å²) in [5.41, 5.74) is 2.05. The Bertz CT molecular complexity index is 789. The summed E-state index contributed by atoms with van der Waals surface area (Å²) in [4.78, 5) is 17.7. The number of nitrogens with zero attached hydrogens (tertiary/aromatic N) is 7. The summed E-state index contributed by atoms with van der Waals surface area (Å²) in [6, 6.07) is 4.04. The van der Waals surface area contributed by atoms with Crippen molar-refractivity contribution in [1.29, 1.82) is 0 Å². The van der Waals surface area contributed by atoms with Gasteiger partial charge < -0.3 is 9.80 Å². The minimum absolute atomic E-state index is 0.918. The first-order chi connectivity index (χ1) is 10.8. The summed E-state index contributed by atoms with van der Waals surface area (Å²) in [7, 11) is 0. The molecule has 1 fully saturated rings. The van der Waals surface area contributed by atoms with Crippen molar-refractivity contribution in [3.63, 3.8) is 0 Å². The molecule has 22 heavy (non-hydrogen) atoms. The Kier molecular flexibility index (Phi) is 3.10. The van der Waals surface area contributed by atoms with Gasteiger partial charge in [-0.25, -0.2) is 19.5 Å². The van der Waals surface area contributed by atoms with Gasteiger partial charge in [0.1, 0.15) is 17.7 Å². The molecular formula is C15H17N7. The first kappa shape index (κ1) is 13.0. The Morgan fingerprint density at radius 2 is 1.77 bits per heavy atom. The van der Waals surface area contributed by atoms with Crippen molar-refractivity contribution in [2.75, 3.05) is 36.0 Å². The minimum Gasteiger partial charge on any atom is -0.353 e. The number of hydrogen-bond donors (Lipinski definition) is 0. The molecule has 7 nitrogen and oxygen atoms in total. The van der Waals surface area contributed by atoms with Crippen LogP contribution in [-0.2, 0) is 0 Å². The summed E-state index contributed by atoms with van der Waals surface area (Å²) >= 11 is 0. The zero-order valence-corrected chi connectivity index (χ0v) is 12.4. The fourth-order valence-corrected chi connectivity index (χ4v) is 2.85. The number of fused-ring (bicyclic) bond motifs is 1. The van der Waals surface area contributed by atoms with Crippen molar-refractivity contribution < 1.29 is 0 Å². The van der Waals surface area contributed by atoms with Crippen molar-refractivity contribution >= 4 is 17.2 Å². The van der Waals surface area contributed by atoms with Crippen molar-refractivity contribution in [3.05, 3.63) is 42.7 Å². The van der Waals surface area contributed by atoms with Crippen LogP contribution in [0.15, 0.2) is 37.1 Å². The first-order valence-electron chi connectivity index (χ1n) is 7.38. The highest BCUT2D eigenvalue weighted by Gasteiger charge is 2.21. The maximum Gasteiger partial charge on any atom is 0.154 e. The predicted octanol–water partition coefficient (Wildman–Crippen LogP) is 1.15. The van der Waals surface area contributed by atoms with Crippen LogP contribution in [0.25, 0.3) is 5.52 Å². The summed E-state index contributed by atoms with van der Waals surface area (Å²) < 4.78 is 1.86. The molecule has 0 radical (unpaired) electrons. The quantitative estimate of drug-likeness (QED) is 0.707. The van der Waals surface area contributed by atoms with Crippen molar-refractivity contribution in [2.24, 2.45) is 0 Å². The van der Waals surface area contributed by atoms with Crippen LogP contribution in [0, 0.1) is 6.92 Å². The van der Waals surface area contributed by atoms with E-state index < -0.39 is 0 Å². The van der Waals surface area contributed by atoms with Gasteiger partial charge >= 0.3 is 0 Å². The van der Waals surface area contributed by atoms with E-state index in [0.29, 0.717) is 0 Å². The van der Waals surface area contributed by atoms with E-state index in [4.69, 9.17) is 0 Å². The van der Waals surface area contributed by atoms with Crippen LogP contribution in [0.5, 0.6) is 0 Å². The normalized spacial score (nSPS) is 15.5. The van der Waals surface area contributed by atoms with Crippen LogP contribution in [0.1, 0.15) is 5.69 Å². The van der Waals surface area contributed by atoms with Gasteiger partial charge in [-0.3, -0.25) is 0 Å². The van der Waals surface area contributed by atoms with Crippen LogP contribution in [-0.4, -0.2) is 50.7 Å². The summed E-state index contributed by atoms with van der Waals surface area (Å²) in [6.45, 7) is 5.67. The fraction of sp³-hybridized carbons (Fsp3) is 0.333. The van der Waals surface area contributed by atoms with Crippen molar-refractivity contribution in [3.8, 4) is 0 Å². The van der Waals surface area contributed by atoms with E-state index in [2.05, 4.69) is 29.9 Å². The molecule has 4 rings (SSSR count). The lowest BCUT2D eigenvalue weighted by Crippen LogP contribution is -2.47. The monoisotopic (exact) mass is 295 g/mol. The third kappa shape index (κ3) is 2.24. The molecule has 112 valence electrons. The van der Waals surface area contributed by atoms with E-state index in [1.165, 1.54) is 0 Å². The molecule has 0 aromatic carbocycles. The molecule has 3 aromatic rings. The molecule has 1 aliphatic heterocycles. The van der Waals surface area contributed by atoms with Crippen LogP contribution in [0.4, 0.5) is 11.6 Å². The molecule has 0 amide bonds. The van der Waals surface area contributed by atoms with Crippen LogP contribution in [0.3, 0.4) is 0 Å². The van der Waals surface area contributed by atoms with Gasteiger partial charge in [-0.15, -0.1) is 0 Å². The third-order valence-corrected chi connectivity index (χ3v) is 4.00. The van der Waals surface area contributed by atoms with Gasteiger partial charge in [-0.2, -0.15) is 5.10 Å². The van der Waals surface area contributed by atoms with Crippen LogP contribution >= 0.6 is 0 Å². The molecule has 0 aliphatic carbocycles. The molecule has 0 bridgehead atoms. The van der Waals surface area contributed by atoms with Gasteiger partial charge in [0.15, 0.2) is 5.82 Å². The molecule has 7 heteroatoms. The number of aromatic nitrogens is 5. The number of aryl methyl sites for hydroxylation is 1. The lowest BCUT2D eigenvalue weighted by Gasteiger charge is -2.36. The van der Waals surface area contributed by atoms with E-state index >= 15 is 0 Å². The summed E-state index contributed by atoms with van der Waals surface area (Å²) in [5.74, 6) is 2.00. The van der Waals surface area contributed by atoms with Gasteiger partial charge in [-0.05, 0) is 13.0 Å². The Morgan fingerprint density at radius 1 is 0.955 bits per heavy atom. The first-order valence-corrected chi connectivity index (χ1v) is 7.38. The number of anilines is 2. The Hall–Kier alpha value is -2.70. The third-order valence-electron chi connectivity index (χ3n) is 4.00. The van der Waals surface area contributed by atoms with Gasteiger partial charge in [0.25, 0.3) is 0 Å². The number of piperazine rings is 1. The minimum atomic E-state index is 0.918. The molecule has 3 aromatic heterocycles. The molecule has 4 heterocycles. The molecule has 0 saturated carbocycles. The largest absolute Gasteiger partial charge is 0.353 e. The molecule has 0 spiro atoms. The standard InChI is InChI=1S/C15H17N7/c1-12-10-14(18-11-17-12)20-6-8-21(9-7-20)15-13-2-3-19-22(13)5-4-16-15/h2-5,10-11H,6-9H2,1H3. The Labute approximate surface area is 128 Å². The Balaban J connectivity index is 1.53. The average molecular weight is 295 g/mol. The SMILES string of the molecule is Cc1cc(N2CCN(c3nccn4nccc34)CC2)ncn1. The molecule has 1 aliphatic rings.